The standard InChI is InChI=1S/C33H38F3N3O3S/c1-22-9-13-28(14-10-22)43(41,42)38(15-5-8-23-6-3-2-4-7-23)21-33(40)39-26-11-12-27(39)17-25(16-26)32(37)19-24-18-30(35)31(36)20-29(24)34/h2-4,6-7,9-10,13-14,18,20,25-27,32H,5,8,11-12,15-17,19,21,37H2,1H3/t25-,26+,27-,32-/m1/s1. The van der Waals surface area contributed by atoms with Crippen LogP contribution >= 0.6 is 0 Å². The van der Waals surface area contributed by atoms with Gasteiger partial charge in [-0.3, -0.25) is 4.79 Å². The van der Waals surface area contributed by atoms with Crippen molar-refractivity contribution in [3.05, 3.63) is 101 Å². The first-order chi connectivity index (χ1) is 20.5. The number of fused-ring (bicyclic) bond motifs is 2. The molecule has 2 N–H and O–H groups in total. The molecule has 43 heavy (non-hydrogen) atoms. The zero-order valence-electron chi connectivity index (χ0n) is 24.3. The number of rotatable bonds is 11. The number of piperidine rings is 1. The largest absolute Gasteiger partial charge is 0.336 e. The minimum atomic E-state index is -3.92. The fourth-order valence-corrected chi connectivity index (χ4v) is 8.02. The maximum atomic E-state index is 14.3. The van der Waals surface area contributed by atoms with Crippen molar-refractivity contribution in [2.75, 3.05) is 13.1 Å². The Kier molecular flexibility index (Phi) is 9.58. The van der Waals surface area contributed by atoms with E-state index in [4.69, 9.17) is 5.73 Å². The molecule has 10 heteroatoms. The average Bonchev–Trinajstić information content (AvgIpc) is 3.25. The second-order valence-electron chi connectivity index (χ2n) is 11.9. The van der Waals surface area contributed by atoms with Gasteiger partial charge in [0.25, 0.3) is 0 Å². The van der Waals surface area contributed by atoms with Crippen LogP contribution in [0.5, 0.6) is 0 Å². The molecule has 2 aliphatic rings. The summed E-state index contributed by atoms with van der Waals surface area (Å²) in [5.74, 6) is -3.45. The lowest BCUT2D eigenvalue weighted by Crippen LogP contribution is -2.53. The Morgan fingerprint density at radius 1 is 0.953 bits per heavy atom. The van der Waals surface area contributed by atoms with Crippen molar-refractivity contribution in [2.24, 2.45) is 11.7 Å². The highest BCUT2D eigenvalue weighted by Crippen LogP contribution is 2.40. The molecule has 230 valence electrons. The predicted molar refractivity (Wildman–Crippen MR) is 159 cm³/mol. The molecule has 2 aliphatic heterocycles. The van der Waals surface area contributed by atoms with Gasteiger partial charge in [-0.05, 0) is 87.1 Å². The van der Waals surface area contributed by atoms with Crippen LogP contribution in [0.4, 0.5) is 13.2 Å². The quantitative estimate of drug-likeness (QED) is 0.295. The van der Waals surface area contributed by atoms with Gasteiger partial charge >= 0.3 is 0 Å². The zero-order valence-corrected chi connectivity index (χ0v) is 25.1. The van der Waals surface area contributed by atoms with Crippen molar-refractivity contribution in [1.29, 1.82) is 0 Å². The first-order valence-corrected chi connectivity index (χ1v) is 16.3. The number of halogens is 3. The molecule has 3 aromatic rings. The molecule has 4 atom stereocenters. The van der Waals surface area contributed by atoms with Gasteiger partial charge in [-0.2, -0.15) is 4.31 Å². The minimum Gasteiger partial charge on any atom is -0.336 e. The lowest BCUT2D eigenvalue weighted by molar-refractivity contribution is -0.136. The highest BCUT2D eigenvalue weighted by molar-refractivity contribution is 7.89. The number of amides is 1. The van der Waals surface area contributed by atoms with Gasteiger partial charge in [0.1, 0.15) is 5.82 Å². The average molecular weight is 614 g/mol. The molecule has 2 bridgehead atoms. The molecule has 6 nitrogen and oxygen atoms in total. The van der Waals surface area contributed by atoms with Crippen LogP contribution in [0.15, 0.2) is 71.6 Å². The number of sulfonamides is 1. The zero-order chi connectivity index (χ0) is 30.7. The SMILES string of the molecule is Cc1ccc(S(=O)(=O)N(CCCc2ccccc2)CC(=O)N2[C@@H]3CC[C@H]2C[C@@H]([C@H](N)Cc2cc(F)c(F)cc2F)C3)cc1. The second kappa shape index (κ2) is 13.2. The van der Waals surface area contributed by atoms with E-state index < -0.39 is 33.5 Å². The fraction of sp³-hybridized carbons (Fsp3) is 0.424. The van der Waals surface area contributed by atoms with E-state index in [0.717, 1.165) is 30.0 Å². The molecular formula is C33H38F3N3O3S. The summed E-state index contributed by atoms with van der Waals surface area (Å²) >= 11 is 0. The van der Waals surface area contributed by atoms with E-state index in [9.17, 15) is 26.4 Å². The predicted octanol–water partition coefficient (Wildman–Crippen LogP) is 5.38. The minimum absolute atomic E-state index is 0.0321. The third-order valence-electron chi connectivity index (χ3n) is 8.89. The lowest BCUT2D eigenvalue weighted by Gasteiger charge is -2.41. The number of carbonyl (C=O) groups excluding carboxylic acids is 1. The van der Waals surface area contributed by atoms with Gasteiger partial charge in [0, 0.05) is 30.7 Å². The van der Waals surface area contributed by atoms with Gasteiger partial charge in [-0.1, -0.05) is 48.0 Å². The van der Waals surface area contributed by atoms with Crippen molar-refractivity contribution < 1.29 is 26.4 Å². The monoisotopic (exact) mass is 613 g/mol. The maximum Gasteiger partial charge on any atom is 0.243 e. The Hall–Kier alpha value is -3.21. The van der Waals surface area contributed by atoms with Crippen LogP contribution in [0.2, 0.25) is 0 Å². The molecule has 2 heterocycles. The Morgan fingerprint density at radius 2 is 1.58 bits per heavy atom. The van der Waals surface area contributed by atoms with Crippen LogP contribution in [0.25, 0.3) is 0 Å². The summed E-state index contributed by atoms with van der Waals surface area (Å²) in [4.78, 5) is 15.8. The van der Waals surface area contributed by atoms with Crippen LogP contribution in [0.1, 0.15) is 48.8 Å². The third kappa shape index (κ3) is 7.13. The van der Waals surface area contributed by atoms with Crippen LogP contribution in [0, 0.1) is 30.3 Å². The second-order valence-corrected chi connectivity index (χ2v) is 13.8. The molecule has 3 aromatic carbocycles. The van der Waals surface area contributed by atoms with Gasteiger partial charge in [-0.25, -0.2) is 21.6 Å². The van der Waals surface area contributed by atoms with Crippen molar-refractivity contribution in [2.45, 2.75) is 74.9 Å². The van der Waals surface area contributed by atoms with Crippen LogP contribution in [-0.2, 0) is 27.7 Å². The van der Waals surface area contributed by atoms with Crippen molar-refractivity contribution in [1.82, 2.24) is 9.21 Å². The summed E-state index contributed by atoms with van der Waals surface area (Å²) in [5, 5.41) is 0. The van der Waals surface area contributed by atoms with Crippen LogP contribution in [0.3, 0.4) is 0 Å². The van der Waals surface area contributed by atoms with E-state index in [1.54, 1.807) is 24.3 Å². The summed E-state index contributed by atoms with van der Waals surface area (Å²) in [6, 6.07) is 17.2. The summed E-state index contributed by atoms with van der Waals surface area (Å²) in [5.41, 5.74) is 8.52. The van der Waals surface area contributed by atoms with Gasteiger partial charge < -0.3 is 10.6 Å². The molecule has 0 radical (unpaired) electrons. The van der Waals surface area contributed by atoms with E-state index in [2.05, 4.69) is 0 Å². The summed E-state index contributed by atoms with van der Waals surface area (Å²) in [6.45, 7) is 1.83. The van der Waals surface area contributed by atoms with Gasteiger partial charge in [0.05, 0.1) is 11.4 Å². The van der Waals surface area contributed by atoms with E-state index in [0.29, 0.717) is 31.7 Å². The molecule has 2 saturated heterocycles. The Bertz CT molecular complexity index is 1520. The van der Waals surface area contributed by atoms with Crippen LogP contribution in [-0.4, -0.2) is 54.7 Å². The topological polar surface area (TPSA) is 83.7 Å². The number of carbonyl (C=O) groups is 1. The summed E-state index contributed by atoms with van der Waals surface area (Å²) in [7, 11) is -3.92. The van der Waals surface area contributed by atoms with Gasteiger partial charge in [0.2, 0.25) is 15.9 Å². The molecule has 0 saturated carbocycles. The van der Waals surface area contributed by atoms with Crippen molar-refractivity contribution in [3.63, 3.8) is 0 Å². The smallest absolute Gasteiger partial charge is 0.243 e. The highest BCUT2D eigenvalue weighted by atomic mass is 32.2. The Labute approximate surface area is 251 Å². The van der Waals surface area contributed by atoms with E-state index in [1.165, 1.54) is 4.31 Å². The van der Waals surface area contributed by atoms with Crippen molar-refractivity contribution >= 4 is 15.9 Å². The molecule has 0 unspecified atom stereocenters. The summed E-state index contributed by atoms with van der Waals surface area (Å²) in [6.07, 6.45) is 4.04. The molecule has 0 aliphatic carbocycles. The van der Waals surface area contributed by atoms with Crippen LogP contribution < -0.4 is 5.73 Å². The number of nitrogens with zero attached hydrogens (tertiary/aromatic N) is 2. The number of nitrogens with two attached hydrogens (primary N) is 1. The van der Waals surface area contributed by atoms with E-state index in [1.807, 2.05) is 42.2 Å². The van der Waals surface area contributed by atoms with Gasteiger partial charge in [0.15, 0.2) is 11.6 Å². The summed E-state index contributed by atoms with van der Waals surface area (Å²) < 4.78 is 70.1. The number of benzene rings is 3. The first-order valence-electron chi connectivity index (χ1n) is 14.8. The number of hydrogen-bond donors (Lipinski definition) is 1. The number of aryl methyl sites for hydroxylation is 2. The Morgan fingerprint density at radius 3 is 2.23 bits per heavy atom. The van der Waals surface area contributed by atoms with E-state index >= 15 is 0 Å². The molecule has 0 spiro atoms. The maximum absolute atomic E-state index is 14.3. The fourth-order valence-electron chi connectivity index (χ4n) is 6.60. The Balaban J connectivity index is 1.27. The first kappa shape index (κ1) is 31.2. The number of hydrogen-bond acceptors (Lipinski definition) is 4. The molecule has 2 fully saturated rings. The lowest BCUT2D eigenvalue weighted by atomic mass is 9.82. The van der Waals surface area contributed by atoms with E-state index in [-0.39, 0.29) is 53.9 Å². The normalized spacial score (nSPS) is 20.9. The molecular weight excluding hydrogens is 575 g/mol. The molecule has 0 aromatic heterocycles. The molecule has 5 rings (SSSR count). The third-order valence-corrected chi connectivity index (χ3v) is 10.8. The van der Waals surface area contributed by atoms with Crippen molar-refractivity contribution in [3.8, 4) is 0 Å². The molecule has 1 amide bonds. The van der Waals surface area contributed by atoms with Gasteiger partial charge in [-0.15, -0.1) is 0 Å². The highest BCUT2D eigenvalue weighted by Gasteiger charge is 2.45.